The minimum absolute atomic E-state index is 0.179. The maximum Gasteiger partial charge on any atom is 0.306 e. The second-order valence-corrected chi connectivity index (χ2v) is 8.67. The van der Waals surface area contributed by atoms with Crippen LogP contribution in [0.2, 0.25) is 0 Å². The summed E-state index contributed by atoms with van der Waals surface area (Å²) in [4.78, 5) is 29.9. The zero-order chi connectivity index (χ0) is 23.4. The summed E-state index contributed by atoms with van der Waals surface area (Å²) in [6, 6.07) is 25.2. The maximum atomic E-state index is 14.2. The van der Waals surface area contributed by atoms with Crippen molar-refractivity contribution in [1.82, 2.24) is 4.90 Å². The van der Waals surface area contributed by atoms with Crippen molar-refractivity contribution in [2.45, 2.75) is 31.3 Å². The summed E-state index contributed by atoms with van der Waals surface area (Å²) in [6.07, 6.45) is 0.673. The molecule has 0 bridgehead atoms. The first-order valence-corrected chi connectivity index (χ1v) is 11.1. The number of nitrogen functional groups attached to an aromatic ring is 1. The van der Waals surface area contributed by atoms with Crippen LogP contribution in [0.3, 0.4) is 0 Å². The van der Waals surface area contributed by atoms with Crippen molar-refractivity contribution < 1.29 is 14.7 Å². The van der Waals surface area contributed by atoms with Gasteiger partial charge in [-0.3, -0.25) is 9.59 Å². The number of fused-ring (bicyclic) bond motifs is 1. The lowest BCUT2D eigenvalue weighted by Gasteiger charge is -2.42. The summed E-state index contributed by atoms with van der Waals surface area (Å²) >= 11 is 0. The lowest BCUT2D eigenvalue weighted by molar-refractivity contribution is -0.146. The van der Waals surface area contributed by atoms with Gasteiger partial charge in [-0.25, -0.2) is 0 Å². The molecule has 170 valence electrons. The summed E-state index contributed by atoms with van der Waals surface area (Å²) < 4.78 is 0. The monoisotopic (exact) mass is 443 g/mol. The van der Waals surface area contributed by atoms with E-state index in [0.717, 1.165) is 22.4 Å². The average Bonchev–Trinajstić information content (AvgIpc) is 2.88. The number of carboxylic acids is 1. The Hall–Kier alpha value is -3.80. The normalized spacial score (nSPS) is 18.0. The predicted octanol–water partition coefficient (Wildman–Crippen LogP) is 3.75. The molecule has 3 aromatic carbocycles. The fraction of sp³-hybridized carbons (Fsp3) is 0.259. The van der Waals surface area contributed by atoms with Gasteiger partial charge in [0, 0.05) is 37.9 Å². The molecule has 0 radical (unpaired) electrons. The Morgan fingerprint density at radius 1 is 1.00 bits per heavy atom. The minimum atomic E-state index is -1.26. The van der Waals surface area contributed by atoms with E-state index in [4.69, 9.17) is 5.73 Å². The van der Waals surface area contributed by atoms with Crippen molar-refractivity contribution in [3.8, 4) is 0 Å². The summed E-state index contributed by atoms with van der Waals surface area (Å²) in [6.45, 7) is 0.869. The van der Waals surface area contributed by atoms with Gasteiger partial charge in [0.15, 0.2) is 0 Å². The number of likely N-dealkylation sites (N-methyl/N-ethyl adjacent to an activating group) is 1. The summed E-state index contributed by atoms with van der Waals surface area (Å²) in [5, 5.41) is 9.91. The van der Waals surface area contributed by atoms with Crippen molar-refractivity contribution in [3.63, 3.8) is 0 Å². The molecule has 6 heteroatoms. The quantitative estimate of drug-likeness (QED) is 0.543. The third-order valence-electron chi connectivity index (χ3n) is 6.45. The first kappa shape index (κ1) is 22.4. The number of aliphatic carboxylic acids is 1. The first-order chi connectivity index (χ1) is 15.9. The summed E-state index contributed by atoms with van der Waals surface area (Å²) in [5.41, 5.74) is 9.23. The van der Waals surface area contributed by atoms with E-state index in [1.54, 1.807) is 11.0 Å². The highest BCUT2D eigenvalue weighted by Gasteiger charge is 2.49. The molecule has 6 nitrogen and oxygen atoms in total. The minimum Gasteiger partial charge on any atom is -0.481 e. The first-order valence-electron chi connectivity index (χ1n) is 11.1. The Morgan fingerprint density at radius 2 is 1.64 bits per heavy atom. The molecule has 0 aliphatic carbocycles. The van der Waals surface area contributed by atoms with Crippen LogP contribution in [0.15, 0.2) is 78.9 Å². The van der Waals surface area contributed by atoms with Gasteiger partial charge in [-0.2, -0.15) is 0 Å². The topological polar surface area (TPSA) is 86.9 Å². The Kier molecular flexibility index (Phi) is 6.36. The van der Waals surface area contributed by atoms with E-state index in [1.165, 1.54) is 0 Å². The number of hydrogen-bond donors (Lipinski definition) is 2. The number of nitrogens with two attached hydrogens (primary N) is 1. The van der Waals surface area contributed by atoms with Crippen LogP contribution < -0.4 is 10.6 Å². The molecule has 0 saturated carbocycles. The zero-order valence-corrected chi connectivity index (χ0v) is 18.8. The van der Waals surface area contributed by atoms with Crippen LogP contribution in [0, 0.1) is 0 Å². The van der Waals surface area contributed by atoms with Crippen molar-refractivity contribution in [3.05, 3.63) is 95.6 Å². The number of carboxylic acid groups (broad SMARTS) is 1. The molecular formula is C27H29N3O3. The van der Waals surface area contributed by atoms with E-state index < -0.39 is 11.5 Å². The molecule has 3 N–H and O–H groups in total. The molecular weight excluding hydrogens is 414 g/mol. The lowest BCUT2D eigenvalue weighted by Crippen LogP contribution is -2.60. The molecule has 0 saturated heterocycles. The number of rotatable bonds is 7. The van der Waals surface area contributed by atoms with E-state index in [2.05, 4.69) is 0 Å². The van der Waals surface area contributed by atoms with Crippen LogP contribution >= 0.6 is 0 Å². The van der Waals surface area contributed by atoms with Crippen LogP contribution in [0.25, 0.3) is 0 Å². The van der Waals surface area contributed by atoms with Crippen LogP contribution in [0.1, 0.15) is 23.1 Å². The van der Waals surface area contributed by atoms with Gasteiger partial charge in [0.1, 0.15) is 5.54 Å². The Morgan fingerprint density at radius 3 is 2.27 bits per heavy atom. The van der Waals surface area contributed by atoms with Gasteiger partial charge in [0.2, 0.25) is 5.91 Å². The Labute approximate surface area is 194 Å². The molecule has 0 aromatic heterocycles. The predicted molar refractivity (Wildman–Crippen MR) is 130 cm³/mol. The highest BCUT2D eigenvalue weighted by atomic mass is 16.4. The molecule has 1 atom stereocenters. The van der Waals surface area contributed by atoms with Crippen LogP contribution in [-0.2, 0) is 29.0 Å². The van der Waals surface area contributed by atoms with E-state index in [0.29, 0.717) is 31.6 Å². The second-order valence-electron chi connectivity index (χ2n) is 8.67. The van der Waals surface area contributed by atoms with Crippen LogP contribution in [0.5, 0.6) is 0 Å². The number of benzene rings is 3. The molecule has 1 aliphatic rings. The smallest absolute Gasteiger partial charge is 0.306 e. The molecule has 33 heavy (non-hydrogen) atoms. The highest BCUT2D eigenvalue weighted by Crippen LogP contribution is 2.38. The van der Waals surface area contributed by atoms with E-state index >= 15 is 0 Å². The number of amides is 1. The summed E-state index contributed by atoms with van der Waals surface area (Å²) in [5.74, 6) is -1.19. The molecule has 1 unspecified atom stereocenters. The fourth-order valence-corrected chi connectivity index (χ4v) is 4.73. The van der Waals surface area contributed by atoms with E-state index in [9.17, 15) is 14.7 Å². The lowest BCUT2D eigenvalue weighted by atomic mass is 9.84. The molecule has 1 aliphatic heterocycles. The van der Waals surface area contributed by atoms with Gasteiger partial charge in [-0.15, -0.1) is 0 Å². The fourth-order valence-electron chi connectivity index (χ4n) is 4.73. The van der Waals surface area contributed by atoms with E-state index in [1.807, 2.05) is 84.7 Å². The average molecular weight is 444 g/mol. The molecule has 0 fully saturated rings. The van der Waals surface area contributed by atoms with Gasteiger partial charge in [0.25, 0.3) is 0 Å². The summed E-state index contributed by atoms with van der Waals surface area (Å²) in [7, 11) is 1.82. The van der Waals surface area contributed by atoms with Crippen molar-refractivity contribution in [2.75, 3.05) is 24.2 Å². The molecule has 0 spiro atoms. The van der Waals surface area contributed by atoms with Gasteiger partial charge in [-0.05, 0) is 41.3 Å². The van der Waals surface area contributed by atoms with Gasteiger partial charge >= 0.3 is 5.97 Å². The van der Waals surface area contributed by atoms with Gasteiger partial charge < -0.3 is 20.6 Å². The van der Waals surface area contributed by atoms with E-state index in [-0.39, 0.29) is 12.3 Å². The third kappa shape index (κ3) is 4.70. The Bertz CT molecular complexity index is 1130. The largest absolute Gasteiger partial charge is 0.481 e. The molecule has 1 heterocycles. The third-order valence-corrected chi connectivity index (χ3v) is 6.45. The van der Waals surface area contributed by atoms with Crippen molar-refractivity contribution in [1.29, 1.82) is 0 Å². The van der Waals surface area contributed by atoms with Crippen LogP contribution in [0.4, 0.5) is 11.4 Å². The van der Waals surface area contributed by atoms with Gasteiger partial charge in [-0.1, -0.05) is 60.7 Å². The standard InChI is InChI=1S/C27H29N3O3/c1-29-24-13-12-23(28)16-22(24)19-30(15-14-20-8-4-2-5-9-20)26(33)27(29,18-25(31)32)17-21-10-6-3-7-11-21/h2-13,16H,14-15,17-19,28H2,1H3,(H,31,32). The van der Waals surface area contributed by atoms with Crippen LogP contribution in [-0.4, -0.2) is 41.0 Å². The number of hydrogen-bond acceptors (Lipinski definition) is 4. The molecule has 4 rings (SSSR count). The van der Waals surface area contributed by atoms with Crippen molar-refractivity contribution in [2.24, 2.45) is 0 Å². The number of anilines is 2. The zero-order valence-electron chi connectivity index (χ0n) is 18.8. The molecule has 3 aromatic rings. The number of carbonyl (C=O) groups is 2. The Balaban J connectivity index is 1.80. The van der Waals surface area contributed by atoms with Gasteiger partial charge in [0.05, 0.1) is 6.42 Å². The van der Waals surface area contributed by atoms with Crippen molar-refractivity contribution >= 4 is 23.3 Å². The SMILES string of the molecule is CN1c2ccc(N)cc2CN(CCc2ccccc2)C(=O)C1(CC(=O)O)Cc1ccccc1. The number of nitrogens with zero attached hydrogens (tertiary/aromatic N) is 2. The molecule has 1 amide bonds. The highest BCUT2D eigenvalue weighted by molar-refractivity contribution is 5.95. The second kappa shape index (κ2) is 9.36. The number of carbonyl (C=O) groups excluding carboxylic acids is 1. The maximum absolute atomic E-state index is 14.2.